The van der Waals surface area contributed by atoms with Crippen molar-refractivity contribution in [2.45, 2.75) is 19.4 Å². The van der Waals surface area contributed by atoms with Crippen molar-refractivity contribution in [3.05, 3.63) is 52.8 Å². The Kier molecular flexibility index (Phi) is 5.34. The molecule has 0 radical (unpaired) electrons. The van der Waals surface area contributed by atoms with E-state index in [0.717, 1.165) is 0 Å². The fourth-order valence-corrected chi connectivity index (χ4v) is 3.03. The molecular formula is C19H21ClN4O3. The number of aryl methyl sites for hydroxylation is 1. The van der Waals surface area contributed by atoms with Crippen LogP contribution in [-0.2, 0) is 17.4 Å². The van der Waals surface area contributed by atoms with Crippen molar-refractivity contribution >= 4 is 34.3 Å². The van der Waals surface area contributed by atoms with Gasteiger partial charge in [0.05, 0.1) is 23.9 Å². The maximum absolute atomic E-state index is 12.3. The van der Waals surface area contributed by atoms with Crippen molar-refractivity contribution < 1.29 is 14.6 Å². The summed E-state index contributed by atoms with van der Waals surface area (Å²) in [4.78, 5) is 16.6. The number of esters is 1. The van der Waals surface area contributed by atoms with Crippen LogP contribution in [-0.4, -0.2) is 39.0 Å². The van der Waals surface area contributed by atoms with Gasteiger partial charge in [0, 0.05) is 24.8 Å². The number of ether oxygens (including phenoxy) is 1. The van der Waals surface area contributed by atoms with Crippen molar-refractivity contribution in [1.82, 2.24) is 14.8 Å². The third-order valence-electron chi connectivity index (χ3n) is 4.31. The van der Waals surface area contributed by atoms with Gasteiger partial charge in [0.15, 0.2) is 5.65 Å². The van der Waals surface area contributed by atoms with Gasteiger partial charge >= 0.3 is 5.97 Å². The second-order valence-corrected chi connectivity index (χ2v) is 6.85. The van der Waals surface area contributed by atoms with Crippen LogP contribution in [0.2, 0.25) is 5.02 Å². The first-order chi connectivity index (χ1) is 12.8. The summed E-state index contributed by atoms with van der Waals surface area (Å²) in [6.07, 6.45) is 3.08. The van der Waals surface area contributed by atoms with Gasteiger partial charge in [0.2, 0.25) is 0 Å². The van der Waals surface area contributed by atoms with Gasteiger partial charge in [-0.05, 0) is 31.5 Å². The lowest BCUT2D eigenvalue weighted by atomic mass is 9.96. The molecule has 0 aliphatic rings. The molecule has 2 aromatic heterocycles. The largest absolute Gasteiger partial charge is 0.462 e. The molecule has 2 N–H and O–H groups in total. The quantitative estimate of drug-likeness (QED) is 0.631. The van der Waals surface area contributed by atoms with Crippen LogP contribution in [0.5, 0.6) is 0 Å². The first-order valence-electron chi connectivity index (χ1n) is 8.53. The molecule has 0 bridgehead atoms. The molecule has 0 saturated carbocycles. The summed E-state index contributed by atoms with van der Waals surface area (Å²) in [5.74, 6) is -0.486. The lowest BCUT2D eigenvalue weighted by molar-refractivity contribution is 0.0525. The van der Waals surface area contributed by atoms with Gasteiger partial charge < -0.3 is 15.2 Å². The van der Waals surface area contributed by atoms with E-state index < -0.39 is 11.6 Å². The SMILES string of the molecule is CCOC(=O)c1cnc2c(cnn2C)c1NCC(C)(O)c1cccc(Cl)c1. The summed E-state index contributed by atoms with van der Waals surface area (Å²) in [5, 5.41) is 19.5. The van der Waals surface area contributed by atoms with Crippen LogP contribution >= 0.6 is 11.6 Å². The number of benzene rings is 1. The molecule has 0 saturated heterocycles. The first-order valence-corrected chi connectivity index (χ1v) is 8.91. The van der Waals surface area contributed by atoms with E-state index in [4.69, 9.17) is 16.3 Å². The van der Waals surface area contributed by atoms with Gasteiger partial charge in [-0.25, -0.2) is 9.78 Å². The minimum absolute atomic E-state index is 0.147. The standard InChI is InChI=1S/C19H21ClN4O3/c1-4-27-18(25)15-9-21-17-14(10-23-24(17)3)16(15)22-11-19(2,26)12-6-5-7-13(20)8-12/h5-10,26H,4,11H2,1-3H3,(H,21,22). The molecule has 142 valence electrons. The summed E-state index contributed by atoms with van der Waals surface area (Å²) in [6, 6.07) is 7.03. The number of rotatable bonds is 6. The van der Waals surface area contributed by atoms with Crippen LogP contribution in [0, 0.1) is 0 Å². The van der Waals surface area contributed by atoms with Gasteiger partial charge in [-0.15, -0.1) is 0 Å². The predicted octanol–water partition coefficient (Wildman–Crippen LogP) is 3.12. The first kappa shape index (κ1) is 19.1. The van der Waals surface area contributed by atoms with Crippen molar-refractivity contribution in [1.29, 1.82) is 0 Å². The van der Waals surface area contributed by atoms with Crippen LogP contribution in [0.1, 0.15) is 29.8 Å². The number of nitrogens with zero attached hydrogens (tertiary/aromatic N) is 3. The smallest absolute Gasteiger partial charge is 0.341 e. The molecular weight excluding hydrogens is 368 g/mol. The summed E-state index contributed by atoms with van der Waals surface area (Å²) in [6.45, 7) is 3.82. The number of nitrogens with one attached hydrogen (secondary N) is 1. The Morgan fingerprint density at radius 3 is 2.89 bits per heavy atom. The molecule has 1 aromatic carbocycles. The Labute approximate surface area is 161 Å². The summed E-state index contributed by atoms with van der Waals surface area (Å²) in [5.41, 5.74) is 0.881. The van der Waals surface area contributed by atoms with E-state index in [1.165, 1.54) is 6.20 Å². The average molecular weight is 389 g/mol. The van der Waals surface area contributed by atoms with Gasteiger partial charge in [0.25, 0.3) is 0 Å². The normalized spacial score (nSPS) is 13.4. The van der Waals surface area contributed by atoms with Crippen molar-refractivity contribution in [3.63, 3.8) is 0 Å². The number of halogens is 1. The minimum Gasteiger partial charge on any atom is -0.462 e. The van der Waals surface area contributed by atoms with Gasteiger partial charge in [0.1, 0.15) is 11.2 Å². The lowest BCUT2D eigenvalue weighted by Crippen LogP contribution is -2.31. The molecule has 0 fully saturated rings. The van der Waals surface area contributed by atoms with E-state index in [2.05, 4.69) is 15.4 Å². The number of hydrogen-bond acceptors (Lipinski definition) is 6. The number of aromatic nitrogens is 3. The molecule has 27 heavy (non-hydrogen) atoms. The van der Waals surface area contributed by atoms with E-state index in [9.17, 15) is 9.90 Å². The molecule has 3 rings (SSSR count). The molecule has 0 spiro atoms. The highest BCUT2D eigenvalue weighted by Crippen LogP contribution is 2.29. The van der Waals surface area contributed by atoms with Crippen LogP contribution in [0.25, 0.3) is 11.0 Å². The summed E-state index contributed by atoms with van der Waals surface area (Å²) in [7, 11) is 1.77. The average Bonchev–Trinajstić information content (AvgIpc) is 3.01. The molecule has 7 nitrogen and oxygen atoms in total. The van der Waals surface area contributed by atoms with E-state index in [-0.39, 0.29) is 13.2 Å². The minimum atomic E-state index is -1.21. The lowest BCUT2D eigenvalue weighted by Gasteiger charge is -2.25. The van der Waals surface area contributed by atoms with Crippen LogP contribution in [0.15, 0.2) is 36.7 Å². The zero-order valence-corrected chi connectivity index (χ0v) is 16.1. The van der Waals surface area contributed by atoms with Crippen molar-refractivity contribution in [2.75, 3.05) is 18.5 Å². The fraction of sp³-hybridized carbons (Fsp3) is 0.316. The summed E-state index contributed by atoms with van der Waals surface area (Å²) < 4.78 is 6.75. The Hall–Kier alpha value is -2.64. The van der Waals surface area contributed by atoms with Gasteiger partial charge in [-0.3, -0.25) is 4.68 Å². The van der Waals surface area contributed by atoms with Gasteiger partial charge in [-0.1, -0.05) is 23.7 Å². The zero-order chi connectivity index (χ0) is 19.6. The topological polar surface area (TPSA) is 89.3 Å². The monoisotopic (exact) mass is 388 g/mol. The van der Waals surface area contributed by atoms with E-state index in [0.29, 0.717) is 32.9 Å². The van der Waals surface area contributed by atoms with Crippen LogP contribution < -0.4 is 5.32 Å². The van der Waals surface area contributed by atoms with Crippen molar-refractivity contribution in [2.24, 2.45) is 7.05 Å². The molecule has 8 heteroatoms. The molecule has 3 aromatic rings. The van der Waals surface area contributed by atoms with Gasteiger partial charge in [-0.2, -0.15) is 5.10 Å². The molecule has 2 heterocycles. The third-order valence-corrected chi connectivity index (χ3v) is 4.55. The van der Waals surface area contributed by atoms with E-state index in [1.807, 2.05) is 0 Å². The Bertz CT molecular complexity index is 984. The Balaban J connectivity index is 1.97. The number of hydrogen-bond donors (Lipinski definition) is 2. The molecule has 0 aliphatic carbocycles. The number of pyridine rings is 1. The van der Waals surface area contributed by atoms with E-state index >= 15 is 0 Å². The van der Waals surface area contributed by atoms with Crippen LogP contribution in [0.4, 0.5) is 5.69 Å². The van der Waals surface area contributed by atoms with E-state index in [1.54, 1.807) is 56.0 Å². The molecule has 0 aliphatic heterocycles. The molecule has 1 unspecified atom stereocenters. The second-order valence-electron chi connectivity index (χ2n) is 6.41. The number of carbonyl (C=O) groups excluding carboxylic acids is 1. The fourth-order valence-electron chi connectivity index (χ4n) is 2.84. The maximum atomic E-state index is 12.3. The third kappa shape index (κ3) is 3.89. The maximum Gasteiger partial charge on any atom is 0.341 e. The highest BCUT2D eigenvalue weighted by Gasteiger charge is 2.26. The molecule has 0 amide bonds. The number of anilines is 1. The summed E-state index contributed by atoms with van der Waals surface area (Å²) >= 11 is 6.04. The second kappa shape index (κ2) is 7.54. The predicted molar refractivity (Wildman–Crippen MR) is 104 cm³/mol. The highest BCUT2D eigenvalue weighted by molar-refractivity contribution is 6.30. The number of carbonyl (C=O) groups is 1. The van der Waals surface area contributed by atoms with Crippen LogP contribution in [0.3, 0.4) is 0 Å². The number of fused-ring (bicyclic) bond motifs is 1. The molecule has 1 atom stereocenters. The number of aliphatic hydroxyl groups is 1. The van der Waals surface area contributed by atoms with Crippen molar-refractivity contribution in [3.8, 4) is 0 Å². The Morgan fingerprint density at radius 1 is 1.41 bits per heavy atom. The highest BCUT2D eigenvalue weighted by atomic mass is 35.5. The zero-order valence-electron chi connectivity index (χ0n) is 15.4. The Morgan fingerprint density at radius 2 is 2.19 bits per heavy atom.